The maximum atomic E-state index is 12.1. The average Bonchev–Trinajstić information content (AvgIpc) is 2.38. The molecular weight excluding hydrogens is 266 g/mol. The highest BCUT2D eigenvalue weighted by molar-refractivity contribution is 7.89. The zero-order valence-corrected chi connectivity index (χ0v) is 12.2. The van der Waals surface area contributed by atoms with E-state index in [1.807, 2.05) is 25.1 Å². The minimum absolute atomic E-state index is 0.0855. The van der Waals surface area contributed by atoms with Gasteiger partial charge in [-0.1, -0.05) is 25.1 Å². The average molecular weight is 287 g/mol. The van der Waals surface area contributed by atoms with Crippen molar-refractivity contribution in [2.75, 3.05) is 26.0 Å². The molecule has 1 rings (SSSR count). The largest absolute Gasteiger partial charge is 0.496 e. The van der Waals surface area contributed by atoms with Crippen molar-refractivity contribution in [1.82, 2.24) is 4.31 Å². The van der Waals surface area contributed by atoms with Crippen LogP contribution in [0.2, 0.25) is 0 Å². The Kier molecular flexibility index (Phi) is 6.27. The van der Waals surface area contributed by atoms with Gasteiger partial charge in [0.25, 0.3) is 0 Å². The Bertz CT molecular complexity index is 487. The first-order chi connectivity index (χ1) is 9.05. The van der Waals surface area contributed by atoms with E-state index >= 15 is 0 Å². The Morgan fingerprint density at radius 3 is 2.58 bits per heavy atom. The second-order valence-corrected chi connectivity index (χ2v) is 6.27. The smallest absolute Gasteiger partial charge is 0.214 e. The molecule has 0 saturated heterocycles. The zero-order valence-electron chi connectivity index (χ0n) is 11.4. The van der Waals surface area contributed by atoms with Crippen LogP contribution >= 0.6 is 0 Å². The lowest BCUT2D eigenvalue weighted by molar-refractivity contribution is 0.250. The molecule has 0 aliphatic rings. The molecule has 1 N–H and O–H groups in total. The molecule has 0 spiro atoms. The van der Waals surface area contributed by atoms with E-state index in [0.29, 0.717) is 12.2 Å². The highest BCUT2D eigenvalue weighted by atomic mass is 32.2. The summed E-state index contributed by atoms with van der Waals surface area (Å²) in [6.45, 7) is 1.93. The summed E-state index contributed by atoms with van der Waals surface area (Å²) in [4.78, 5) is 0. The summed E-state index contributed by atoms with van der Waals surface area (Å²) in [7, 11) is -1.79. The first-order valence-electron chi connectivity index (χ1n) is 6.25. The van der Waals surface area contributed by atoms with Crippen molar-refractivity contribution in [2.45, 2.75) is 19.9 Å². The van der Waals surface area contributed by atoms with Gasteiger partial charge in [-0.2, -0.15) is 4.31 Å². The molecule has 1 aromatic carbocycles. The number of sulfonamides is 1. The van der Waals surface area contributed by atoms with E-state index < -0.39 is 10.0 Å². The van der Waals surface area contributed by atoms with Crippen LogP contribution in [0.4, 0.5) is 0 Å². The molecule has 6 heteroatoms. The van der Waals surface area contributed by atoms with Crippen molar-refractivity contribution in [2.24, 2.45) is 0 Å². The third kappa shape index (κ3) is 4.49. The third-order valence-electron chi connectivity index (χ3n) is 2.74. The van der Waals surface area contributed by atoms with Crippen LogP contribution in [-0.2, 0) is 16.6 Å². The Balaban J connectivity index is 2.96. The maximum absolute atomic E-state index is 12.1. The molecule has 0 aromatic heterocycles. The summed E-state index contributed by atoms with van der Waals surface area (Å²) in [6.07, 6.45) is 0.552. The number of methoxy groups -OCH3 is 1. The molecule has 108 valence electrons. The number of hydrogen-bond donors (Lipinski definition) is 1. The topological polar surface area (TPSA) is 66.8 Å². The van der Waals surface area contributed by atoms with Gasteiger partial charge in [-0.25, -0.2) is 8.42 Å². The molecular formula is C13H21NO4S. The summed E-state index contributed by atoms with van der Waals surface area (Å²) in [5.41, 5.74) is 0.790. The lowest BCUT2D eigenvalue weighted by atomic mass is 10.2. The molecule has 5 nitrogen and oxygen atoms in total. The van der Waals surface area contributed by atoms with Crippen molar-refractivity contribution >= 4 is 10.0 Å². The Morgan fingerprint density at radius 2 is 2.00 bits per heavy atom. The van der Waals surface area contributed by atoms with Gasteiger partial charge in [-0.15, -0.1) is 0 Å². The van der Waals surface area contributed by atoms with E-state index in [-0.39, 0.29) is 25.4 Å². The van der Waals surface area contributed by atoms with Crippen LogP contribution in [-0.4, -0.2) is 43.8 Å². The molecule has 0 atom stereocenters. The Morgan fingerprint density at radius 1 is 1.32 bits per heavy atom. The van der Waals surface area contributed by atoms with Crippen LogP contribution in [0.15, 0.2) is 24.3 Å². The maximum Gasteiger partial charge on any atom is 0.214 e. The van der Waals surface area contributed by atoms with E-state index in [4.69, 9.17) is 9.84 Å². The number of aliphatic hydroxyl groups is 1. The fraction of sp³-hybridized carbons (Fsp3) is 0.538. The molecule has 0 unspecified atom stereocenters. The Hall–Kier alpha value is -1.11. The van der Waals surface area contributed by atoms with Gasteiger partial charge in [0.1, 0.15) is 5.75 Å². The monoisotopic (exact) mass is 287 g/mol. The molecule has 0 saturated carbocycles. The Labute approximate surface area is 114 Å². The van der Waals surface area contributed by atoms with Gasteiger partial charge in [0.05, 0.1) is 19.5 Å². The first-order valence-corrected chi connectivity index (χ1v) is 7.86. The highest BCUT2D eigenvalue weighted by Gasteiger charge is 2.21. The van der Waals surface area contributed by atoms with Crippen LogP contribution in [0.5, 0.6) is 5.75 Å². The number of ether oxygens (including phenoxy) is 1. The summed E-state index contributed by atoms with van der Waals surface area (Å²) in [5.74, 6) is 0.736. The van der Waals surface area contributed by atoms with Crippen LogP contribution < -0.4 is 4.74 Å². The van der Waals surface area contributed by atoms with E-state index in [1.165, 1.54) is 4.31 Å². The molecule has 0 radical (unpaired) electrons. The number of hydrogen-bond acceptors (Lipinski definition) is 4. The van der Waals surface area contributed by atoms with Crippen molar-refractivity contribution in [3.63, 3.8) is 0 Å². The SMILES string of the molecule is CCCS(=O)(=O)N(CCO)Cc1ccccc1OC. The number of nitrogens with zero attached hydrogens (tertiary/aromatic N) is 1. The number of benzene rings is 1. The summed E-state index contributed by atoms with van der Waals surface area (Å²) in [5, 5.41) is 9.04. The zero-order chi connectivity index (χ0) is 14.3. The van der Waals surface area contributed by atoms with Gasteiger partial charge >= 0.3 is 0 Å². The van der Waals surface area contributed by atoms with E-state index in [9.17, 15) is 8.42 Å². The molecule has 0 aliphatic carbocycles. The lowest BCUT2D eigenvalue weighted by Gasteiger charge is -2.22. The minimum Gasteiger partial charge on any atom is -0.496 e. The molecule has 0 amide bonds. The second kappa shape index (κ2) is 7.47. The molecule has 1 aromatic rings. The predicted molar refractivity (Wildman–Crippen MR) is 74.6 cm³/mol. The number of aliphatic hydroxyl groups excluding tert-OH is 1. The van der Waals surface area contributed by atoms with Crippen LogP contribution in [0, 0.1) is 0 Å². The summed E-state index contributed by atoms with van der Waals surface area (Å²) in [6, 6.07) is 7.28. The van der Waals surface area contributed by atoms with Gasteiger partial charge < -0.3 is 9.84 Å². The normalized spacial score (nSPS) is 11.8. The lowest BCUT2D eigenvalue weighted by Crippen LogP contribution is -2.34. The van der Waals surface area contributed by atoms with Crippen molar-refractivity contribution in [3.8, 4) is 5.75 Å². The molecule has 0 bridgehead atoms. The van der Waals surface area contributed by atoms with Crippen molar-refractivity contribution in [3.05, 3.63) is 29.8 Å². The van der Waals surface area contributed by atoms with Gasteiger partial charge in [0.15, 0.2) is 0 Å². The van der Waals surface area contributed by atoms with Crippen LogP contribution in [0.3, 0.4) is 0 Å². The van der Waals surface area contributed by atoms with Gasteiger partial charge in [-0.3, -0.25) is 0 Å². The van der Waals surface area contributed by atoms with Gasteiger partial charge in [-0.05, 0) is 12.5 Å². The van der Waals surface area contributed by atoms with Crippen LogP contribution in [0.1, 0.15) is 18.9 Å². The standard InChI is InChI=1S/C13H21NO4S/c1-3-10-19(16,17)14(8-9-15)11-12-6-4-5-7-13(12)18-2/h4-7,15H,3,8-11H2,1-2H3. The van der Waals surface area contributed by atoms with Gasteiger partial charge in [0.2, 0.25) is 10.0 Å². The second-order valence-electron chi connectivity index (χ2n) is 4.19. The highest BCUT2D eigenvalue weighted by Crippen LogP contribution is 2.20. The quantitative estimate of drug-likeness (QED) is 0.781. The molecule has 19 heavy (non-hydrogen) atoms. The molecule has 0 aliphatic heterocycles. The summed E-state index contributed by atoms with van der Waals surface area (Å²) < 4.78 is 30.7. The fourth-order valence-corrected chi connectivity index (χ4v) is 3.31. The first kappa shape index (κ1) is 15.9. The molecule has 0 heterocycles. The fourth-order valence-electron chi connectivity index (χ4n) is 1.84. The summed E-state index contributed by atoms with van der Waals surface area (Å²) >= 11 is 0. The van der Waals surface area contributed by atoms with Crippen molar-refractivity contribution < 1.29 is 18.3 Å². The van der Waals surface area contributed by atoms with Gasteiger partial charge in [0, 0.05) is 18.7 Å². The van der Waals surface area contributed by atoms with E-state index in [1.54, 1.807) is 13.2 Å². The molecule has 0 fully saturated rings. The van der Waals surface area contributed by atoms with E-state index in [0.717, 1.165) is 5.56 Å². The number of para-hydroxylation sites is 1. The third-order valence-corrected chi connectivity index (χ3v) is 4.77. The predicted octanol–water partition coefficient (Wildman–Crippen LogP) is 1.23. The van der Waals surface area contributed by atoms with Crippen LogP contribution in [0.25, 0.3) is 0 Å². The van der Waals surface area contributed by atoms with E-state index in [2.05, 4.69) is 0 Å². The minimum atomic E-state index is -3.34. The van der Waals surface area contributed by atoms with Crippen molar-refractivity contribution in [1.29, 1.82) is 0 Å². The number of rotatable bonds is 8.